The van der Waals surface area contributed by atoms with E-state index in [1.807, 2.05) is 27.3 Å². The number of rotatable bonds is 12. The SMILES string of the molecule is C[Si](C)(C)CCOCn1c(I)cc2c(Br)ccc(C(=O)O)c21.C[Si](C)(C)CCOCn1c(I)cc2c(Br)ccc(C(N)=O)c21. The predicted molar refractivity (Wildman–Crippen MR) is 208 cm³/mol. The van der Waals surface area contributed by atoms with E-state index in [0.29, 0.717) is 36.7 Å². The molecule has 0 spiro atoms. The molecule has 4 rings (SSSR count). The lowest BCUT2D eigenvalue weighted by Crippen LogP contribution is -2.22. The summed E-state index contributed by atoms with van der Waals surface area (Å²) in [7, 11) is -2.22. The third kappa shape index (κ3) is 10.1. The number of benzene rings is 2. The third-order valence-corrected chi connectivity index (χ3v) is 13.4. The summed E-state index contributed by atoms with van der Waals surface area (Å²) in [5.41, 5.74) is 7.88. The van der Waals surface area contributed by atoms with Crippen LogP contribution in [0, 0.1) is 7.40 Å². The van der Waals surface area contributed by atoms with E-state index in [4.69, 9.17) is 15.2 Å². The number of carboxylic acids is 1. The van der Waals surface area contributed by atoms with Crippen LogP contribution in [0.25, 0.3) is 21.8 Å². The van der Waals surface area contributed by atoms with Crippen LogP contribution in [0.2, 0.25) is 51.4 Å². The number of nitrogens with zero attached hydrogens (tertiary/aromatic N) is 2. The first-order valence-corrected chi connectivity index (χ1v) is 25.2. The lowest BCUT2D eigenvalue weighted by Gasteiger charge is -2.16. The van der Waals surface area contributed by atoms with Crippen molar-refractivity contribution in [2.24, 2.45) is 5.73 Å². The van der Waals surface area contributed by atoms with Crippen molar-refractivity contribution in [1.82, 2.24) is 9.13 Å². The number of amides is 1. The molecule has 8 nitrogen and oxygen atoms in total. The van der Waals surface area contributed by atoms with Crippen LogP contribution in [0.15, 0.2) is 45.3 Å². The van der Waals surface area contributed by atoms with Crippen LogP contribution in [-0.2, 0) is 22.9 Å². The van der Waals surface area contributed by atoms with E-state index in [1.54, 1.807) is 18.2 Å². The number of ether oxygens (including phenoxy) is 2. The summed E-state index contributed by atoms with van der Waals surface area (Å²) in [5.74, 6) is -1.34. The Morgan fingerprint density at radius 2 is 1.16 bits per heavy atom. The van der Waals surface area contributed by atoms with Gasteiger partial charge < -0.3 is 29.4 Å². The lowest BCUT2D eigenvalue weighted by atomic mass is 10.1. The summed E-state index contributed by atoms with van der Waals surface area (Å²) in [4.78, 5) is 23.2. The molecule has 0 atom stereocenters. The van der Waals surface area contributed by atoms with Crippen LogP contribution in [0.1, 0.15) is 20.7 Å². The number of primary amides is 1. The molecule has 0 radical (unpaired) electrons. The van der Waals surface area contributed by atoms with Crippen molar-refractivity contribution < 1.29 is 24.2 Å². The number of fused-ring (bicyclic) bond motifs is 2. The Balaban J connectivity index is 0.000000240. The average Bonchev–Trinajstić information content (AvgIpc) is 3.41. The highest BCUT2D eigenvalue weighted by molar-refractivity contribution is 14.1. The molecule has 240 valence electrons. The first kappa shape index (κ1) is 37.7. The monoisotopic (exact) mass is 989 g/mol. The smallest absolute Gasteiger partial charge is 0.337 e. The van der Waals surface area contributed by atoms with E-state index in [-0.39, 0.29) is 0 Å². The van der Waals surface area contributed by atoms with E-state index in [9.17, 15) is 14.7 Å². The van der Waals surface area contributed by atoms with Gasteiger partial charge in [0.25, 0.3) is 5.91 Å². The number of aromatic carboxylic acids is 1. The van der Waals surface area contributed by atoms with E-state index >= 15 is 0 Å². The number of carbonyl (C=O) groups is 2. The Labute approximate surface area is 305 Å². The van der Waals surface area contributed by atoms with Crippen LogP contribution in [0.4, 0.5) is 0 Å². The minimum Gasteiger partial charge on any atom is -0.478 e. The molecule has 1 amide bonds. The summed E-state index contributed by atoms with van der Waals surface area (Å²) in [6.07, 6.45) is 0. The first-order valence-electron chi connectivity index (χ1n) is 14.0. The topological polar surface area (TPSA) is 109 Å². The lowest BCUT2D eigenvalue weighted by molar-refractivity contribution is 0.0695. The van der Waals surface area contributed by atoms with Gasteiger partial charge >= 0.3 is 5.97 Å². The summed E-state index contributed by atoms with van der Waals surface area (Å²) in [6, 6.07) is 13.2. The Bertz CT molecular complexity index is 1540. The molecular formula is C30H39Br2I2N3O5Si2. The molecule has 0 saturated carbocycles. The fraction of sp³-hybridized carbons (Fsp3) is 0.400. The molecule has 44 heavy (non-hydrogen) atoms. The second-order valence-corrected chi connectivity index (χ2v) is 28.0. The highest BCUT2D eigenvalue weighted by Crippen LogP contribution is 2.32. The number of nitrogens with two attached hydrogens (primary N) is 1. The van der Waals surface area contributed by atoms with Gasteiger partial charge in [-0.3, -0.25) is 4.79 Å². The number of carboxylic acid groups (broad SMARTS) is 1. The number of aromatic nitrogens is 2. The maximum absolute atomic E-state index is 11.7. The van der Waals surface area contributed by atoms with Gasteiger partial charge in [-0.25, -0.2) is 4.79 Å². The fourth-order valence-corrected chi connectivity index (χ4v) is 8.09. The van der Waals surface area contributed by atoms with Gasteiger partial charge in [-0.15, -0.1) is 0 Å². The predicted octanol–water partition coefficient (Wildman–Crippen LogP) is 9.44. The maximum atomic E-state index is 11.7. The van der Waals surface area contributed by atoms with Gasteiger partial charge in [0.2, 0.25) is 0 Å². The first-order chi connectivity index (χ1) is 20.4. The van der Waals surface area contributed by atoms with Crippen molar-refractivity contribution >= 4 is 127 Å². The molecule has 0 aliphatic heterocycles. The van der Waals surface area contributed by atoms with Gasteiger partial charge in [-0.1, -0.05) is 71.1 Å². The molecule has 0 fully saturated rings. The molecule has 0 aliphatic carbocycles. The van der Waals surface area contributed by atoms with E-state index in [0.717, 1.165) is 51.3 Å². The van der Waals surface area contributed by atoms with Gasteiger partial charge in [-0.2, -0.15) is 0 Å². The van der Waals surface area contributed by atoms with Crippen molar-refractivity contribution in [2.75, 3.05) is 13.2 Å². The highest BCUT2D eigenvalue weighted by Gasteiger charge is 2.19. The average molecular weight is 991 g/mol. The molecule has 0 aliphatic rings. The van der Waals surface area contributed by atoms with Crippen molar-refractivity contribution in [3.8, 4) is 0 Å². The molecule has 0 bridgehead atoms. The van der Waals surface area contributed by atoms with Crippen molar-refractivity contribution in [3.05, 3.63) is 63.9 Å². The van der Waals surface area contributed by atoms with E-state index < -0.39 is 28.0 Å². The van der Waals surface area contributed by atoms with Crippen molar-refractivity contribution in [1.29, 1.82) is 0 Å². The molecular weight excluding hydrogens is 952 g/mol. The minimum absolute atomic E-state index is 0.301. The van der Waals surface area contributed by atoms with Crippen molar-refractivity contribution in [2.45, 2.75) is 64.8 Å². The van der Waals surface area contributed by atoms with Crippen LogP contribution < -0.4 is 5.73 Å². The Kier molecular flexibility index (Phi) is 13.6. The quantitative estimate of drug-likeness (QED) is 0.0836. The molecule has 14 heteroatoms. The van der Waals surface area contributed by atoms with Gasteiger partial charge in [0, 0.05) is 49.1 Å². The minimum atomic E-state index is -1.12. The third-order valence-electron chi connectivity index (χ3n) is 6.84. The Morgan fingerprint density at radius 1 is 0.773 bits per heavy atom. The zero-order valence-electron chi connectivity index (χ0n) is 25.8. The number of hydrogen-bond acceptors (Lipinski definition) is 4. The highest BCUT2D eigenvalue weighted by atomic mass is 127. The molecule has 4 aromatic rings. The molecule has 2 heterocycles. The molecule has 2 aromatic carbocycles. The van der Waals surface area contributed by atoms with Gasteiger partial charge in [0.15, 0.2) is 0 Å². The van der Waals surface area contributed by atoms with Gasteiger partial charge in [0.05, 0.1) is 29.6 Å². The van der Waals surface area contributed by atoms with Crippen LogP contribution in [-0.4, -0.2) is 55.5 Å². The zero-order valence-corrected chi connectivity index (χ0v) is 35.3. The van der Waals surface area contributed by atoms with Gasteiger partial charge in [-0.05, 0) is 93.7 Å². The number of carbonyl (C=O) groups excluding carboxylic acids is 1. The summed E-state index contributed by atoms with van der Waals surface area (Å²) in [6.45, 7) is 16.2. The number of hydrogen-bond donors (Lipinski definition) is 2. The molecule has 2 aromatic heterocycles. The fourth-order valence-electron chi connectivity index (χ4n) is 4.32. The van der Waals surface area contributed by atoms with Gasteiger partial charge in [0.1, 0.15) is 13.5 Å². The van der Waals surface area contributed by atoms with E-state index in [1.165, 1.54) is 0 Å². The summed E-state index contributed by atoms with van der Waals surface area (Å²) >= 11 is 11.5. The van der Waals surface area contributed by atoms with Crippen molar-refractivity contribution in [3.63, 3.8) is 0 Å². The normalized spacial score (nSPS) is 12.0. The van der Waals surface area contributed by atoms with Crippen LogP contribution in [0.5, 0.6) is 0 Å². The summed E-state index contributed by atoms with van der Waals surface area (Å²) in [5, 5.41) is 11.3. The second kappa shape index (κ2) is 15.9. The van der Waals surface area contributed by atoms with E-state index in [2.05, 4.69) is 116 Å². The molecule has 3 N–H and O–H groups in total. The number of halogens is 4. The zero-order chi connectivity index (χ0) is 33.0. The Hall–Kier alpha value is -0.766. The molecule has 0 saturated heterocycles. The van der Waals surface area contributed by atoms with Crippen LogP contribution in [0.3, 0.4) is 0 Å². The second-order valence-electron chi connectivity index (χ2n) is 12.9. The largest absolute Gasteiger partial charge is 0.478 e. The molecule has 0 unspecified atom stereocenters. The standard InChI is InChI=1S/C15H20BrIN2O2Si.C15H19BrINO3Si/c1-22(2,3)7-6-21-9-19-13(17)8-11-12(16)5-4-10(14(11)19)15(18)20;1-22(2,3)7-6-21-9-18-13(17)8-11-12(16)5-4-10(14(11)18)15(19)20/h4-5,8H,6-7,9H2,1-3H3,(H2,18,20);4-5,8H,6-7,9H2,1-3H3,(H,19,20). The summed E-state index contributed by atoms with van der Waals surface area (Å²) < 4.78 is 19.4. The Morgan fingerprint density at radius 3 is 1.52 bits per heavy atom. The van der Waals surface area contributed by atoms with Crippen LogP contribution >= 0.6 is 77.0 Å². The maximum Gasteiger partial charge on any atom is 0.337 e.